The van der Waals surface area contributed by atoms with Crippen LogP contribution in [0.25, 0.3) is 5.65 Å². The Balaban J connectivity index is 1.92. The summed E-state index contributed by atoms with van der Waals surface area (Å²) in [6.07, 6.45) is 4.42. The Morgan fingerprint density at radius 1 is 1.19 bits per heavy atom. The van der Waals surface area contributed by atoms with Gasteiger partial charge in [-0.05, 0) is 54.8 Å². The molecule has 0 bridgehead atoms. The fourth-order valence-electron chi connectivity index (χ4n) is 2.58. The molecule has 0 aliphatic rings. The number of aromatic nitrogens is 3. The predicted octanol–water partition coefficient (Wildman–Crippen LogP) is 2.51. The Labute approximate surface area is 156 Å². The first-order valence-corrected chi connectivity index (χ1v) is 10.9. The van der Waals surface area contributed by atoms with E-state index in [0.717, 1.165) is 5.75 Å². The molecule has 1 N–H and O–H groups in total. The second-order valence-electron chi connectivity index (χ2n) is 5.62. The van der Waals surface area contributed by atoms with E-state index in [-0.39, 0.29) is 4.90 Å². The van der Waals surface area contributed by atoms with E-state index in [4.69, 9.17) is 4.74 Å². The molecule has 3 aromatic rings. The summed E-state index contributed by atoms with van der Waals surface area (Å²) < 4.78 is 35.3. The number of methoxy groups -OCH3 is 1. The van der Waals surface area contributed by atoms with Gasteiger partial charge in [-0.1, -0.05) is 6.07 Å². The number of sulfonamides is 1. The van der Waals surface area contributed by atoms with Crippen LogP contribution in [-0.2, 0) is 10.0 Å². The van der Waals surface area contributed by atoms with Crippen molar-refractivity contribution >= 4 is 27.4 Å². The van der Waals surface area contributed by atoms with Gasteiger partial charge in [0, 0.05) is 6.20 Å². The zero-order valence-electron chi connectivity index (χ0n) is 14.5. The third-order valence-corrected chi connectivity index (χ3v) is 6.06. The van der Waals surface area contributed by atoms with Gasteiger partial charge in [0.1, 0.15) is 5.75 Å². The smallest absolute Gasteiger partial charge is 0.241 e. The van der Waals surface area contributed by atoms with Crippen LogP contribution in [0.1, 0.15) is 18.3 Å². The van der Waals surface area contributed by atoms with Crippen molar-refractivity contribution < 1.29 is 13.2 Å². The molecule has 0 fully saturated rings. The summed E-state index contributed by atoms with van der Waals surface area (Å²) in [6, 6.07) is 11.4. The van der Waals surface area contributed by atoms with Crippen LogP contribution in [0.15, 0.2) is 53.6 Å². The Morgan fingerprint density at radius 3 is 2.65 bits per heavy atom. The highest BCUT2D eigenvalue weighted by Crippen LogP contribution is 2.22. The van der Waals surface area contributed by atoms with Crippen molar-refractivity contribution in [1.82, 2.24) is 19.3 Å². The van der Waals surface area contributed by atoms with Crippen LogP contribution in [0.4, 0.5) is 0 Å². The van der Waals surface area contributed by atoms with Gasteiger partial charge in [0.2, 0.25) is 10.0 Å². The molecule has 3 rings (SSSR count). The third-order valence-electron chi connectivity index (χ3n) is 3.93. The van der Waals surface area contributed by atoms with E-state index in [1.54, 1.807) is 23.9 Å². The lowest BCUT2D eigenvalue weighted by Crippen LogP contribution is -2.30. The molecule has 0 radical (unpaired) electrons. The zero-order chi connectivity index (χ0) is 18.6. The number of nitrogens with zero attached hydrogens (tertiary/aromatic N) is 3. The molecule has 0 aliphatic heterocycles. The van der Waals surface area contributed by atoms with Gasteiger partial charge in [0.15, 0.2) is 11.5 Å². The van der Waals surface area contributed by atoms with Gasteiger partial charge in [0.05, 0.1) is 18.0 Å². The van der Waals surface area contributed by atoms with E-state index in [2.05, 4.69) is 14.9 Å². The normalized spacial score (nSPS) is 13.0. The predicted molar refractivity (Wildman–Crippen MR) is 102 cm³/mol. The number of ether oxygens (including phenoxy) is 1. The van der Waals surface area contributed by atoms with E-state index in [0.29, 0.717) is 23.6 Å². The summed E-state index contributed by atoms with van der Waals surface area (Å²) in [5, 5.41) is 8.34. The van der Waals surface area contributed by atoms with Crippen molar-refractivity contribution in [3.05, 3.63) is 54.5 Å². The first-order valence-electron chi connectivity index (χ1n) is 8.00. The number of pyridine rings is 1. The summed E-state index contributed by atoms with van der Waals surface area (Å²) in [5.74, 6) is 1.97. The maximum absolute atomic E-state index is 12.8. The SMILES string of the molecule is COc1ccc(S(=O)(=O)NC(CCSC)c2nnc3ccccn23)cc1. The van der Waals surface area contributed by atoms with Crippen LogP contribution in [0.3, 0.4) is 0 Å². The lowest BCUT2D eigenvalue weighted by atomic mass is 10.2. The van der Waals surface area contributed by atoms with Crippen molar-refractivity contribution in [2.24, 2.45) is 0 Å². The van der Waals surface area contributed by atoms with E-state index in [1.807, 2.05) is 35.1 Å². The Hall–Kier alpha value is -2.10. The second kappa shape index (κ2) is 8.07. The molecule has 2 aromatic heterocycles. The maximum Gasteiger partial charge on any atom is 0.241 e. The maximum atomic E-state index is 12.8. The molecule has 1 atom stereocenters. The molecule has 9 heteroatoms. The summed E-state index contributed by atoms with van der Waals surface area (Å²) in [5.41, 5.74) is 0.681. The topological polar surface area (TPSA) is 85.6 Å². The standard InChI is InChI=1S/C17H20N4O3S2/c1-24-13-6-8-14(9-7-13)26(22,23)20-15(10-12-25-2)17-19-18-16-5-3-4-11-21(16)17/h3-9,11,15,20H,10,12H2,1-2H3. The van der Waals surface area contributed by atoms with Crippen molar-refractivity contribution in [1.29, 1.82) is 0 Å². The average molecular weight is 393 g/mol. The first kappa shape index (κ1) is 18.7. The first-order chi connectivity index (χ1) is 12.5. The Morgan fingerprint density at radius 2 is 1.96 bits per heavy atom. The number of hydrogen-bond acceptors (Lipinski definition) is 6. The van der Waals surface area contributed by atoms with Crippen LogP contribution in [0.2, 0.25) is 0 Å². The van der Waals surface area contributed by atoms with Gasteiger partial charge >= 0.3 is 0 Å². The van der Waals surface area contributed by atoms with E-state index >= 15 is 0 Å². The molecule has 138 valence electrons. The highest BCUT2D eigenvalue weighted by molar-refractivity contribution is 7.98. The lowest BCUT2D eigenvalue weighted by molar-refractivity contribution is 0.414. The van der Waals surface area contributed by atoms with Gasteiger partial charge in [-0.15, -0.1) is 10.2 Å². The van der Waals surface area contributed by atoms with Crippen molar-refractivity contribution in [3.63, 3.8) is 0 Å². The number of hydrogen-bond donors (Lipinski definition) is 1. The van der Waals surface area contributed by atoms with Gasteiger partial charge in [-0.3, -0.25) is 4.40 Å². The van der Waals surface area contributed by atoms with Crippen molar-refractivity contribution in [3.8, 4) is 5.75 Å². The minimum atomic E-state index is -3.71. The minimum Gasteiger partial charge on any atom is -0.497 e. The fourth-order valence-corrected chi connectivity index (χ4v) is 4.28. The highest BCUT2D eigenvalue weighted by atomic mass is 32.2. The lowest BCUT2D eigenvalue weighted by Gasteiger charge is -2.17. The third kappa shape index (κ3) is 4.00. The Kier molecular flexibility index (Phi) is 5.80. The summed E-state index contributed by atoms with van der Waals surface area (Å²) in [4.78, 5) is 0.182. The van der Waals surface area contributed by atoms with Crippen molar-refractivity contribution in [2.45, 2.75) is 17.4 Å². The molecule has 1 unspecified atom stereocenters. The second-order valence-corrected chi connectivity index (χ2v) is 8.32. The average Bonchev–Trinajstić information content (AvgIpc) is 3.09. The van der Waals surface area contributed by atoms with Crippen LogP contribution in [0.5, 0.6) is 5.75 Å². The summed E-state index contributed by atoms with van der Waals surface area (Å²) in [7, 11) is -2.17. The molecule has 0 saturated heterocycles. The minimum absolute atomic E-state index is 0.182. The van der Waals surface area contributed by atoms with Gasteiger partial charge in [0.25, 0.3) is 0 Å². The zero-order valence-corrected chi connectivity index (χ0v) is 16.1. The highest BCUT2D eigenvalue weighted by Gasteiger charge is 2.25. The van der Waals surface area contributed by atoms with E-state index in [1.165, 1.54) is 19.2 Å². The molecule has 0 saturated carbocycles. The molecule has 0 aliphatic carbocycles. The number of benzene rings is 1. The quantitative estimate of drug-likeness (QED) is 0.634. The van der Waals surface area contributed by atoms with Gasteiger partial charge in [-0.25, -0.2) is 13.1 Å². The molecule has 7 nitrogen and oxygen atoms in total. The molecule has 0 spiro atoms. The largest absolute Gasteiger partial charge is 0.497 e. The molecule has 1 aromatic carbocycles. The Bertz CT molecular complexity index is 971. The number of rotatable bonds is 8. The van der Waals surface area contributed by atoms with Crippen LogP contribution >= 0.6 is 11.8 Å². The summed E-state index contributed by atoms with van der Waals surface area (Å²) >= 11 is 1.65. The molecule has 0 amide bonds. The molecular weight excluding hydrogens is 372 g/mol. The fraction of sp³-hybridized carbons (Fsp3) is 0.294. The molecule has 2 heterocycles. The van der Waals surface area contributed by atoms with Crippen LogP contribution in [-0.4, -0.2) is 42.1 Å². The van der Waals surface area contributed by atoms with E-state index < -0.39 is 16.1 Å². The van der Waals surface area contributed by atoms with E-state index in [9.17, 15) is 8.42 Å². The number of nitrogens with one attached hydrogen (secondary N) is 1. The van der Waals surface area contributed by atoms with Crippen LogP contribution < -0.4 is 9.46 Å². The van der Waals surface area contributed by atoms with Gasteiger partial charge < -0.3 is 4.74 Å². The number of fused-ring (bicyclic) bond motifs is 1. The van der Waals surface area contributed by atoms with Gasteiger partial charge in [-0.2, -0.15) is 11.8 Å². The number of thioether (sulfide) groups is 1. The summed E-state index contributed by atoms with van der Waals surface area (Å²) in [6.45, 7) is 0. The monoisotopic (exact) mass is 392 g/mol. The molecular formula is C17H20N4O3S2. The molecule has 26 heavy (non-hydrogen) atoms. The van der Waals surface area contributed by atoms with Crippen molar-refractivity contribution in [2.75, 3.05) is 19.1 Å². The van der Waals surface area contributed by atoms with Crippen LogP contribution in [0, 0.1) is 0 Å².